The summed E-state index contributed by atoms with van der Waals surface area (Å²) in [4.78, 5) is 12.7. The molecule has 0 saturated carbocycles. The molecular weight excluding hydrogens is 320 g/mol. The van der Waals surface area contributed by atoms with Gasteiger partial charge in [-0.05, 0) is 10.9 Å². The minimum atomic E-state index is 0.342. The highest BCUT2D eigenvalue weighted by molar-refractivity contribution is 7.18. The van der Waals surface area contributed by atoms with Crippen LogP contribution in [0.25, 0.3) is 32.3 Å². The molecule has 0 aliphatic rings. The molecule has 1 aromatic carbocycles. The molecule has 3 aromatic heterocycles. The first-order valence-corrected chi connectivity index (χ1v) is 8.23. The smallest absolute Gasteiger partial charge is 0.316 e. The Balaban J connectivity index is 1.92. The zero-order chi connectivity index (χ0) is 16.5. The summed E-state index contributed by atoms with van der Waals surface area (Å²) in [6.45, 7) is 0. The summed E-state index contributed by atoms with van der Waals surface area (Å²) in [7, 11) is 1.55. The Morgan fingerprint density at radius 3 is 2.38 bits per heavy atom. The maximum absolute atomic E-state index is 6.18. The van der Waals surface area contributed by atoms with Gasteiger partial charge in [0.15, 0.2) is 0 Å². The number of anilines is 1. The van der Waals surface area contributed by atoms with E-state index in [1.165, 1.54) is 0 Å². The topological polar surface area (TPSA) is 73.9 Å². The molecule has 0 saturated heterocycles. The van der Waals surface area contributed by atoms with Crippen molar-refractivity contribution >= 4 is 27.2 Å². The molecule has 0 fully saturated rings. The number of aromatic nitrogens is 3. The second-order valence-corrected chi connectivity index (χ2v) is 6.11. The normalized spacial score (nSPS) is 10.9. The molecule has 0 unspecified atom stereocenters. The van der Waals surface area contributed by atoms with Crippen LogP contribution < -0.4 is 10.5 Å². The van der Waals surface area contributed by atoms with Crippen molar-refractivity contribution in [2.45, 2.75) is 0 Å². The molecule has 6 heteroatoms. The third kappa shape index (κ3) is 2.37. The predicted molar refractivity (Wildman–Crippen MR) is 97.0 cm³/mol. The number of hydrogen-bond acceptors (Lipinski definition) is 6. The Labute approximate surface area is 142 Å². The average molecular weight is 334 g/mol. The number of nitrogens with two attached hydrogens (primary N) is 1. The van der Waals surface area contributed by atoms with Crippen molar-refractivity contribution in [1.82, 2.24) is 15.0 Å². The maximum atomic E-state index is 6.18. The number of ether oxygens (including phenoxy) is 1. The molecular formula is C18H14N4OS. The number of fused-ring (bicyclic) bond motifs is 1. The number of rotatable bonds is 3. The van der Waals surface area contributed by atoms with Gasteiger partial charge in [-0.15, -0.1) is 11.3 Å². The monoisotopic (exact) mass is 334 g/mol. The third-order valence-electron chi connectivity index (χ3n) is 3.83. The minimum absolute atomic E-state index is 0.342. The molecule has 3 heterocycles. The largest absolute Gasteiger partial charge is 0.467 e. The number of benzene rings is 1. The van der Waals surface area contributed by atoms with E-state index in [0.717, 1.165) is 32.3 Å². The van der Waals surface area contributed by atoms with Crippen LogP contribution in [0.4, 0.5) is 5.82 Å². The molecule has 5 nitrogen and oxygen atoms in total. The van der Waals surface area contributed by atoms with Gasteiger partial charge >= 0.3 is 6.01 Å². The van der Waals surface area contributed by atoms with Gasteiger partial charge in [-0.2, -0.15) is 0 Å². The van der Waals surface area contributed by atoms with Crippen molar-refractivity contribution in [3.63, 3.8) is 0 Å². The van der Waals surface area contributed by atoms with Gasteiger partial charge in [0.05, 0.1) is 7.11 Å². The molecule has 0 bridgehead atoms. The van der Waals surface area contributed by atoms with E-state index in [-0.39, 0.29) is 0 Å². The fourth-order valence-electron chi connectivity index (χ4n) is 2.66. The van der Waals surface area contributed by atoms with E-state index in [1.54, 1.807) is 37.0 Å². The Morgan fingerprint density at radius 2 is 1.67 bits per heavy atom. The van der Waals surface area contributed by atoms with Crippen LogP contribution in [0.15, 0.2) is 54.3 Å². The molecule has 0 aliphatic heterocycles. The standard InChI is InChI=1S/C18H14N4OS/c1-23-18-21-7-12(8-22-18)13-9-20-17(19)15-14(10-24-16(13)15)11-5-3-2-4-6-11/h2-10H,1H3,(H2,19,20). The summed E-state index contributed by atoms with van der Waals surface area (Å²) in [6, 6.07) is 10.5. The Morgan fingerprint density at radius 1 is 0.917 bits per heavy atom. The first-order chi connectivity index (χ1) is 11.8. The number of methoxy groups -OCH3 is 1. The van der Waals surface area contributed by atoms with Gasteiger partial charge in [-0.25, -0.2) is 15.0 Å². The molecule has 0 aliphatic carbocycles. The van der Waals surface area contributed by atoms with E-state index in [2.05, 4.69) is 32.5 Å². The van der Waals surface area contributed by atoms with Crippen molar-refractivity contribution in [2.24, 2.45) is 0 Å². The fourth-order valence-corrected chi connectivity index (χ4v) is 3.78. The second-order valence-electron chi connectivity index (χ2n) is 5.24. The lowest BCUT2D eigenvalue weighted by Gasteiger charge is -2.06. The van der Waals surface area contributed by atoms with Gasteiger partial charge in [0, 0.05) is 45.4 Å². The highest BCUT2D eigenvalue weighted by Crippen LogP contribution is 2.41. The van der Waals surface area contributed by atoms with E-state index in [1.807, 2.05) is 18.2 Å². The first kappa shape index (κ1) is 14.6. The van der Waals surface area contributed by atoms with E-state index in [9.17, 15) is 0 Å². The minimum Gasteiger partial charge on any atom is -0.467 e. The zero-order valence-electron chi connectivity index (χ0n) is 12.9. The fraction of sp³-hybridized carbons (Fsp3) is 0.0556. The van der Waals surface area contributed by atoms with E-state index < -0.39 is 0 Å². The van der Waals surface area contributed by atoms with Gasteiger partial charge in [0.25, 0.3) is 0 Å². The molecule has 0 spiro atoms. The van der Waals surface area contributed by atoms with Crippen molar-refractivity contribution in [1.29, 1.82) is 0 Å². The molecule has 24 heavy (non-hydrogen) atoms. The van der Waals surface area contributed by atoms with Gasteiger partial charge in [0.2, 0.25) is 0 Å². The van der Waals surface area contributed by atoms with E-state index in [4.69, 9.17) is 10.5 Å². The highest BCUT2D eigenvalue weighted by atomic mass is 32.1. The lowest BCUT2D eigenvalue weighted by molar-refractivity contribution is 0.380. The van der Waals surface area contributed by atoms with Crippen LogP contribution in [-0.4, -0.2) is 22.1 Å². The van der Waals surface area contributed by atoms with Crippen molar-refractivity contribution in [2.75, 3.05) is 12.8 Å². The number of pyridine rings is 1. The molecule has 4 rings (SSSR count). The summed E-state index contributed by atoms with van der Waals surface area (Å²) >= 11 is 1.65. The summed E-state index contributed by atoms with van der Waals surface area (Å²) in [5.74, 6) is 0.531. The molecule has 0 amide bonds. The van der Waals surface area contributed by atoms with Gasteiger partial charge < -0.3 is 10.5 Å². The number of nitrogen functional groups attached to an aromatic ring is 1. The van der Waals surface area contributed by atoms with Crippen molar-refractivity contribution < 1.29 is 4.74 Å². The lowest BCUT2D eigenvalue weighted by Crippen LogP contribution is -1.94. The molecule has 118 valence electrons. The van der Waals surface area contributed by atoms with E-state index >= 15 is 0 Å². The summed E-state index contributed by atoms with van der Waals surface area (Å²) in [5, 5.41) is 3.09. The van der Waals surface area contributed by atoms with Crippen LogP contribution >= 0.6 is 11.3 Å². The molecule has 4 aromatic rings. The van der Waals surface area contributed by atoms with Gasteiger partial charge in [-0.1, -0.05) is 30.3 Å². The van der Waals surface area contributed by atoms with Gasteiger partial charge in [0.1, 0.15) is 5.82 Å². The van der Waals surface area contributed by atoms with Crippen LogP contribution in [0, 0.1) is 0 Å². The highest BCUT2D eigenvalue weighted by Gasteiger charge is 2.15. The Kier molecular flexibility index (Phi) is 3.59. The molecule has 0 atom stereocenters. The molecule has 0 radical (unpaired) electrons. The van der Waals surface area contributed by atoms with Crippen molar-refractivity contribution in [3.05, 3.63) is 54.3 Å². The second kappa shape index (κ2) is 5.90. The SMILES string of the molecule is COc1ncc(-c2cnc(N)c3c(-c4ccccc4)csc23)cn1. The third-order valence-corrected chi connectivity index (χ3v) is 4.84. The number of hydrogen-bond donors (Lipinski definition) is 1. The van der Waals surface area contributed by atoms with Crippen LogP contribution in [0.2, 0.25) is 0 Å². The average Bonchev–Trinajstić information content (AvgIpc) is 3.09. The van der Waals surface area contributed by atoms with Crippen molar-refractivity contribution in [3.8, 4) is 28.3 Å². The summed E-state index contributed by atoms with van der Waals surface area (Å²) in [5.41, 5.74) is 10.2. The molecule has 2 N–H and O–H groups in total. The lowest BCUT2D eigenvalue weighted by atomic mass is 10.0. The quantitative estimate of drug-likeness (QED) is 0.613. The first-order valence-electron chi connectivity index (χ1n) is 7.35. The summed E-state index contributed by atoms with van der Waals surface area (Å²) < 4.78 is 6.10. The predicted octanol–water partition coefficient (Wildman–Crippen LogP) is 4.01. The van der Waals surface area contributed by atoms with Gasteiger partial charge in [-0.3, -0.25) is 0 Å². The Bertz CT molecular complexity index is 997. The van der Waals surface area contributed by atoms with Crippen LogP contribution in [-0.2, 0) is 0 Å². The Hall–Kier alpha value is -2.99. The summed E-state index contributed by atoms with van der Waals surface area (Å²) in [6.07, 6.45) is 5.24. The van der Waals surface area contributed by atoms with E-state index in [0.29, 0.717) is 11.8 Å². The number of thiophene rings is 1. The van der Waals surface area contributed by atoms with Crippen LogP contribution in [0.3, 0.4) is 0 Å². The number of nitrogens with zero attached hydrogens (tertiary/aromatic N) is 3. The van der Waals surface area contributed by atoms with Crippen LogP contribution in [0.5, 0.6) is 6.01 Å². The zero-order valence-corrected chi connectivity index (χ0v) is 13.7. The van der Waals surface area contributed by atoms with Crippen LogP contribution in [0.1, 0.15) is 0 Å². The maximum Gasteiger partial charge on any atom is 0.316 e.